The van der Waals surface area contributed by atoms with E-state index in [4.69, 9.17) is 0 Å². The molecule has 0 saturated heterocycles. The quantitative estimate of drug-likeness (QED) is 0.0761. The largest absolute Gasteiger partial charge is 0.673 e. The molecule has 0 saturated carbocycles. The lowest BCUT2D eigenvalue weighted by Crippen LogP contribution is -2.28. The smallest absolute Gasteiger partial charge is 0.418 e. The Balaban J connectivity index is 0.000000595. The molecule has 0 atom stereocenters. The molecule has 8 nitrogen and oxygen atoms in total. The monoisotopic (exact) mass is 548 g/mol. The second kappa shape index (κ2) is 10.1. The Morgan fingerprint density at radius 3 is 1.77 bits per heavy atom. The molecule has 0 spiro atoms. The Morgan fingerprint density at radius 2 is 1.20 bits per heavy atom. The number of aromatic nitrogens is 2. The molecule has 6 aromatic rings. The summed E-state index contributed by atoms with van der Waals surface area (Å²) in [6.45, 7) is 0. The van der Waals surface area contributed by atoms with E-state index < -0.39 is 17.1 Å². The molecular weight excluding hydrogens is 531 g/mol. The van der Waals surface area contributed by atoms with Gasteiger partial charge in [-0.05, 0) is 48.0 Å². The lowest BCUT2D eigenvalue weighted by atomic mass is 9.97. The topological polar surface area (TPSA) is 94.8 Å². The third kappa shape index (κ3) is 5.04. The first-order chi connectivity index (χ1) is 19.0. The van der Waals surface area contributed by atoms with Gasteiger partial charge in [0.15, 0.2) is 5.69 Å². The Morgan fingerprint density at radius 1 is 0.675 bits per heavy atom. The molecule has 0 aliphatic heterocycles. The van der Waals surface area contributed by atoms with E-state index >= 15 is 0 Å². The number of benzene rings is 3. The van der Waals surface area contributed by atoms with Gasteiger partial charge in [-0.25, -0.2) is 0 Å². The van der Waals surface area contributed by atoms with E-state index in [9.17, 15) is 37.5 Å². The summed E-state index contributed by atoms with van der Waals surface area (Å²) >= 11 is 0. The molecule has 0 fully saturated rings. The Kier molecular flexibility index (Phi) is 6.64. The van der Waals surface area contributed by atoms with Crippen LogP contribution in [0.1, 0.15) is 0 Å². The van der Waals surface area contributed by atoms with Crippen LogP contribution in [0.2, 0.25) is 0 Å². The normalized spacial score (nSPS) is 11.4. The third-order valence-electron chi connectivity index (χ3n) is 6.23. The molecule has 0 N–H and O–H groups in total. The summed E-state index contributed by atoms with van der Waals surface area (Å²) in [4.78, 5) is 21.7. The van der Waals surface area contributed by atoms with Crippen molar-refractivity contribution in [3.8, 4) is 22.4 Å². The van der Waals surface area contributed by atoms with Crippen LogP contribution in [0.4, 0.5) is 28.6 Å². The van der Waals surface area contributed by atoms with Gasteiger partial charge < -0.3 is 17.3 Å². The first kappa shape index (κ1) is 26.3. The molecule has 6 rings (SSSR count). The zero-order valence-electron chi connectivity index (χ0n) is 20.3. The number of hydrogen-bond donors (Lipinski definition) is 0. The predicted octanol–water partition coefficient (Wildman–Crippen LogP) is 7.28. The molecule has 3 aromatic carbocycles. The number of nitro groups is 2. The van der Waals surface area contributed by atoms with Gasteiger partial charge in [-0.1, -0.05) is 24.3 Å². The standard InChI is InChI=1S/C27H17N4O4.BF4/c32-30(33)21-12-8-18(9-13-21)26-24-17-20-5-1-2-6-23(20)29(24)25-7-3-4-16-28(25)27(26)19-10-14-22(15-11-19)31(34)35;2-1(3,4)5/h1-17H;/q+1;-1. The van der Waals surface area contributed by atoms with Gasteiger partial charge in [-0.3, -0.25) is 20.2 Å². The van der Waals surface area contributed by atoms with Crippen LogP contribution in [0, 0.1) is 20.2 Å². The minimum Gasteiger partial charge on any atom is -0.418 e. The Hall–Kier alpha value is -5.33. The van der Waals surface area contributed by atoms with Crippen molar-refractivity contribution in [2.45, 2.75) is 0 Å². The van der Waals surface area contributed by atoms with E-state index in [2.05, 4.69) is 20.9 Å². The Labute approximate surface area is 222 Å². The number of fused-ring (bicyclic) bond motifs is 5. The summed E-state index contributed by atoms with van der Waals surface area (Å²) in [5.74, 6) is 0. The highest BCUT2D eigenvalue weighted by molar-refractivity contribution is 6.50. The second-order valence-electron chi connectivity index (χ2n) is 8.68. The summed E-state index contributed by atoms with van der Waals surface area (Å²) in [5.41, 5.74) is 6.19. The Bertz CT molecular complexity index is 1900. The maximum absolute atomic E-state index is 11.3. The third-order valence-corrected chi connectivity index (χ3v) is 6.23. The van der Waals surface area contributed by atoms with Crippen molar-refractivity contribution in [2.24, 2.45) is 0 Å². The molecular formula is C27H17BF4N4O4. The summed E-state index contributed by atoms with van der Waals surface area (Å²) in [6, 6.07) is 29.0. The summed E-state index contributed by atoms with van der Waals surface area (Å²) in [7, 11) is -6.00. The van der Waals surface area contributed by atoms with Gasteiger partial charge in [0.25, 0.3) is 17.0 Å². The van der Waals surface area contributed by atoms with Crippen LogP contribution in [-0.4, -0.2) is 21.5 Å². The molecule has 0 unspecified atom stereocenters. The maximum Gasteiger partial charge on any atom is 0.673 e. The number of non-ortho nitro benzene ring substituents is 2. The van der Waals surface area contributed by atoms with Crippen LogP contribution < -0.4 is 4.40 Å². The van der Waals surface area contributed by atoms with E-state index in [1.165, 1.54) is 24.3 Å². The van der Waals surface area contributed by atoms with Crippen molar-refractivity contribution in [1.29, 1.82) is 0 Å². The van der Waals surface area contributed by atoms with Gasteiger partial charge in [0.05, 0.1) is 21.6 Å². The molecule has 0 bridgehead atoms. The fraction of sp³-hybridized carbons (Fsp3) is 0. The van der Waals surface area contributed by atoms with Gasteiger partial charge >= 0.3 is 7.25 Å². The van der Waals surface area contributed by atoms with Gasteiger partial charge in [-0.15, -0.1) is 0 Å². The van der Waals surface area contributed by atoms with Crippen molar-refractivity contribution in [3.63, 3.8) is 0 Å². The van der Waals surface area contributed by atoms with Gasteiger partial charge in [0.1, 0.15) is 11.0 Å². The average molecular weight is 548 g/mol. The average Bonchev–Trinajstić information content (AvgIpc) is 3.31. The van der Waals surface area contributed by atoms with E-state index in [-0.39, 0.29) is 11.4 Å². The molecule has 13 heteroatoms. The van der Waals surface area contributed by atoms with Gasteiger partial charge in [-0.2, -0.15) is 8.80 Å². The number of nitro benzene ring substituents is 2. The zero-order valence-corrected chi connectivity index (χ0v) is 20.3. The van der Waals surface area contributed by atoms with E-state index in [1.807, 2.05) is 42.6 Å². The second-order valence-corrected chi connectivity index (χ2v) is 8.68. The fourth-order valence-corrected chi connectivity index (χ4v) is 4.69. The van der Waals surface area contributed by atoms with Crippen molar-refractivity contribution in [3.05, 3.63) is 123 Å². The number of rotatable bonds is 4. The van der Waals surface area contributed by atoms with Crippen LogP contribution in [0.3, 0.4) is 0 Å². The summed E-state index contributed by atoms with van der Waals surface area (Å²) < 4.78 is 43.2. The minimum atomic E-state index is -6.00. The number of pyridine rings is 1. The minimum absolute atomic E-state index is 0.00874. The fourth-order valence-electron chi connectivity index (χ4n) is 4.69. The molecule has 40 heavy (non-hydrogen) atoms. The van der Waals surface area contributed by atoms with Crippen molar-refractivity contribution in [2.75, 3.05) is 0 Å². The number of nitrogens with zero attached hydrogens (tertiary/aromatic N) is 4. The van der Waals surface area contributed by atoms with E-state index in [1.54, 1.807) is 24.3 Å². The van der Waals surface area contributed by atoms with E-state index in [0.717, 1.165) is 44.5 Å². The van der Waals surface area contributed by atoms with Crippen molar-refractivity contribution in [1.82, 2.24) is 4.40 Å². The summed E-state index contributed by atoms with van der Waals surface area (Å²) in [5, 5.41) is 23.6. The predicted molar refractivity (Wildman–Crippen MR) is 142 cm³/mol. The van der Waals surface area contributed by atoms with Crippen molar-refractivity contribution < 1.29 is 31.5 Å². The lowest BCUT2D eigenvalue weighted by Gasteiger charge is -2.12. The van der Waals surface area contributed by atoms with Gasteiger partial charge in [0.2, 0.25) is 0 Å². The maximum atomic E-state index is 11.3. The molecule has 0 radical (unpaired) electrons. The molecule has 3 aromatic heterocycles. The molecule has 200 valence electrons. The molecule has 3 heterocycles. The van der Waals surface area contributed by atoms with Gasteiger partial charge in [0, 0.05) is 41.3 Å². The van der Waals surface area contributed by atoms with Crippen molar-refractivity contribution >= 4 is 40.7 Å². The lowest BCUT2D eigenvalue weighted by molar-refractivity contribution is -0.501. The van der Waals surface area contributed by atoms with Crippen LogP contribution in [-0.2, 0) is 0 Å². The zero-order chi connectivity index (χ0) is 28.6. The van der Waals surface area contributed by atoms with Crippen LogP contribution in [0.25, 0.3) is 44.5 Å². The molecule has 0 aliphatic carbocycles. The highest BCUT2D eigenvalue weighted by atomic mass is 19.5. The number of hydrogen-bond acceptors (Lipinski definition) is 4. The summed E-state index contributed by atoms with van der Waals surface area (Å²) in [6.07, 6.45) is 1.95. The molecule has 0 amide bonds. The first-order valence-electron chi connectivity index (χ1n) is 11.8. The van der Waals surface area contributed by atoms with Crippen LogP contribution in [0.5, 0.6) is 0 Å². The highest BCUT2D eigenvalue weighted by Crippen LogP contribution is 2.38. The number of para-hydroxylation sites is 1. The van der Waals surface area contributed by atoms with Crippen LogP contribution >= 0.6 is 0 Å². The van der Waals surface area contributed by atoms with Crippen LogP contribution in [0.15, 0.2) is 103 Å². The molecule has 0 aliphatic rings. The highest BCUT2D eigenvalue weighted by Gasteiger charge is 2.26. The first-order valence-corrected chi connectivity index (χ1v) is 11.8. The van der Waals surface area contributed by atoms with E-state index in [0.29, 0.717) is 0 Å². The SMILES string of the molecule is F[B-](F)(F)F.O=[N+]([O-])c1ccc(-c2c(-c3ccc([N+](=O)[O-])cc3)[n+]3ccccc3n3c2cc2ccccc23)cc1. The number of halogens is 4.